The number of hydrogen-bond donors (Lipinski definition) is 1. The number of aromatic hydroxyl groups is 1. The standard InChI is InChI=1S/C13H12BrNO2/c14-7-11-4-5-13(8-15-11)17-9-10-2-1-3-12(16)6-10/h1-6,8,16H,7,9H2. The molecule has 0 aliphatic rings. The van der Waals surface area contributed by atoms with Gasteiger partial charge in [-0.05, 0) is 29.8 Å². The number of halogens is 1. The predicted octanol–water partition coefficient (Wildman–Crippen LogP) is 3.26. The van der Waals surface area contributed by atoms with Crippen molar-refractivity contribution < 1.29 is 9.84 Å². The molecule has 1 N–H and O–H groups in total. The summed E-state index contributed by atoms with van der Waals surface area (Å²) in [6.45, 7) is 0.420. The first-order chi connectivity index (χ1) is 8.28. The van der Waals surface area contributed by atoms with Crippen LogP contribution in [0.15, 0.2) is 42.6 Å². The van der Waals surface area contributed by atoms with Gasteiger partial charge in [-0.15, -0.1) is 0 Å². The van der Waals surface area contributed by atoms with Crippen molar-refractivity contribution in [2.45, 2.75) is 11.9 Å². The van der Waals surface area contributed by atoms with Crippen molar-refractivity contribution in [1.82, 2.24) is 4.98 Å². The third-order valence-electron chi connectivity index (χ3n) is 2.25. The minimum atomic E-state index is 0.249. The summed E-state index contributed by atoms with van der Waals surface area (Å²) in [4.78, 5) is 4.21. The summed E-state index contributed by atoms with van der Waals surface area (Å²) in [5.74, 6) is 0.969. The number of rotatable bonds is 4. The zero-order valence-corrected chi connectivity index (χ0v) is 10.7. The fourth-order valence-corrected chi connectivity index (χ4v) is 1.72. The van der Waals surface area contributed by atoms with E-state index in [1.54, 1.807) is 24.4 Å². The molecule has 1 aromatic carbocycles. The van der Waals surface area contributed by atoms with Gasteiger partial charge in [0.05, 0.1) is 11.9 Å². The lowest BCUT2D eigenvalue weighted by atomic mass is 10.2. The van der Waals surface area contributed by atoms with E-state index < -0.39 is 0 Å². The number of hydrogen-bond acceptors (Lipinski definition) is 3. The van der Waals surface area contributed by atoms with Crippen molar-refractivity contribution in [1.29, 1.82) is 0 Å². The number of aromatic nitrogens is 1. The Morgan fingerprint density at radius 1 is 1.24 bits per heavy atom. The second kappa shape index (κ2) is 5.68. The van der Waals surface area contributed by atoms with Crippen molar-refractivity contribution in [3.05, 3.63) is 53.9 Å². The number of phenols is 1. The van der Waals surface area contributed by atoms with Crippen LogP contribution in [-0.2, 0) is 11.9 Å². The molecule has 0 spiro atoms. The van der Waals surface area contributed by atoms with Crippen molar-refractivity contribution in [3.63, 3.8) is 0 Å². The molecule has 0 saturated heterocycles. The van der Waals surface area contributed by atoms with E-state index in [-0.39, 0.29) is 5.75 Å². The molecule has 0 amide bonds. The Kier molecular flexibility index (Phi) is 3.98. The van der Waals surface area contributed by atoms with E-state index in [0.717, 1.165) is 22.3 Å². The van der Waals surface area contributed by atoms with Crippen LogP contribution in [0.4, 0.5) is 0 Å². The number of pyridine rings is 1. The summed E-state index contributed by atoms with van der Waals surface area (Å²) < 4.78 is 5.56. The molecule has 0 aliphatic heterocycles. The fourth-order valence-electron chi connectivity index (χ4n) is 1.39. The molecule has 0 fully saturated rings. The number of nitrogens with zero attached hydrogens (tertiary/aromatic N) is 1. The van der Waals surface area contributed by atoms with Crippen LogP contribution in [0.25, 0.3) is 0 Å². The largest absolute Gasteiger partial charge is 0.508 e. The van der Waals surface area contributed by atoms with Crippen molar-refractivity contribution in [3.8, 4) is 11.5 Å². The van der Waals surface area contributed by atoms with E-state index in [4.69, 9.17) is 4.74 Å². The maximum Gasteiger partial charge on any atom is 0.138 e. The Labute approximate surface area is 108 Å². The molecule has 0 aliphatic carbocycles. The normalized spacial score (nSPS) is 10.2. The van der Waals surface area contributed by atoms with Gasteiger partial charge in [-0.3, -0.25) is 4.98 Å². The zero-order valence-electron chi connectivity index (χ0n) is 9.14. The number of phenolic OH excluding ortho intramolecular Hbond substituents is 1. The monoisotopic (exact) mass is 293 g/mol. The highest BCUT2D eigenvalue weighted by molar-refractivity contribution is 9.08. The van der Waals surface area contributed by atoms with E-state index in [2.05, 4.69) is 20.9 Å². The molecule has 0 radical (unpaired) electrons. The SMILES string of the molecule is Oc1cccc(COc2ccc(CBr)nc2)c1. The molecule has 3 nitrogen and oxygen atoms in total. The molecule has 0 bridgehead atoms. The number of alkyl halides is 1. The summed E-state index contributed by atoms with van der Waals surface area (Å²) in [5, 5.41) is 10.0. The van der Waals surface area contributed by atoms with E-state index in [1.807, 2.05) is 18.2 Å². The molecular formula is C13H12BrNO2. The minimum Gasteiger partial charge on any atom is -0.508 e. The molecule has 17 heavy (non-hydrogen) atoms. The van der Waals surface area contributed by atoms with Crippen LogP contribution in [0.2, 0.25) is 0 Å². The molecule has 4 heteroatoms. The Bertz CT molecular complexity index is 485. The van der Waals surface area contributed by atoms with Gasteiger partial charge in [0.2, 0.25) is 0 Å². The van der Waals surface area contributed by atoms with Crippen LogP contribution in [0.1, 0.15) is 11.3 Å². The molecule has 88 valence electrons. The average Bonchev–Trinajstić information content (AvgIpc) is 2.37. The van der Waals surface area contributed by atoms with E-state index >= 15 is 0 Å². The van der Waals surface area contributed by atoms with Crippen molar-refractivity contribution in [2.24, 2.45) is 0 Å². The topological polar surface area (TPSA) is 42.4 Å². The Hall–Kier alpha value is -1.55. The molecule has 0 unspecified atom stereocenters. The first-order valence-corrected chi connectivity index (χ1v) is 6.31. The highest BCUT2D eigenvalue weighted by Crippen LogP contribution is 2.15. The quantitative estimate of drug-likeness (QED) is 0.880. The average molecular weight is 294 g/mol. The van der Waals surface area contributed by atoms with Gasteiger partial charge in [0, 0.05) is 5.33 Å². The lowest BCUT2D eigenvalue weighted by Gasteiger charge is -2.06. The summed E-state index contributed by atoms with van der Waals surface area (Å²) in [6.07, 6.45) is 1.69. The van der Waals surface area contributed by atoms with E-state index in [9.17, 15) is 5.11 Å². The third-order valence-corrected chi connectivity index (χ3v) is 2.83. The molecule has 1 aromatic heterocycles. The first-order valence-electron chi connectivity index (χ1n) is 5.19. The van der Waals surface area contributed by atoms with Gasteiger partial charge in [0.15, 0.2) is 0 Å². The summed E-state index contributed by atoms with van der Waals surface area (Å²) in [5.41, 5.74) is 1.89. The number of ether oxygens (including phenoxy) is 1. The van der Waals surface area contributed by atoms with Crippen molar-refractivity contribution in [2.75, 3.05) is 0 Å². The third kappa shape index (κ3) is 3.46. The summed E-state index contributed by atoms with van der Waals surface area (Å²) in [6, 6.07) is 10.8. The molecule has 0 saturated carbocycles. The zero-order chi connectivity index (χ0) is 12.1. The molecule has 2 rings (SSSR count). The van der Waals surface area contributed by atoms with Crippen LogP contribution in [-0.4, -0.2) is 10.1 Å². The maximum absolute atomic E-state index is 9.31. The molecule has 0 atom stereocenters. The van der Waals surface area contributed by atoms with E-state index in [1.165, 1.54) is 0 Å². The van der Waals surface area contributed by atoms with Gasteiger partial charge in [-0.25, -0.2) is 0 Å². The fraction of sp³-hybridized carbons (Fsp3) is 0.154. The van der Waals surface area contributed by atoms with E-state index in [0.29, 0.717) is 6.61 Å². The van der Waals surface area contributed by atoms with Crippen LogP contribution >= 0.6 is 15.9 Å². The molecule has 1 heterocycles. The second-order valence-corrected chi connectivity index (χ2v) is 4.14. The molecular weight excluding hydrogens is 282 g/mol. The van der Waals surface area contributed by atoms with Gasteiger partial charge in [0.1, 0.15) is 18.1 Å². The maximum atomic E-state index is 9.31. The van der Waals surface area contributed by atoms with Crippen LogP contribution < -0.4 is 4.74 Å². The Morgan fingerprint density at radius 2 is 2.12 bits per heavy atom. The predicted molar refractivity (Wildman–Crippen MR) is 69.3 cm³/mol. The van der Waals surface area contributed by atoms with Gasteiger partial charge in [0.25, 0.3) is 0 Å². The van der Waals surface area contributed by atoms with Gasteiger partial charge >= 0.3 is 0 Å². The van der Waals surface area contributed by atoms with Gasteiger partial charge in [-0.2, -0.15) is 0 Å². The summed E-state index contributed by atoms with van der Waals surface area (Å²) >= 11 is 3.33. The first kappa shape index (κ1) is 11.9. The summed E-state index contributed by atoms with van der Waals surface area (Å²) in [7, 11) is 0. The Balaban J connectivity index is 1.97. The highest BCUT2D eigenvalue weighted by atomic mass is 79.9. The van der Waals surface area contributed by atoms with Crippen LogP contribution in [0.5, 0.6) is 11.5 Å². The van der Waals surface area contributed by atoms with Crippen molar-refractivity contribution >= 4 is 15.9 Å². The Morgan fingerprint density at radius 3 is 2.76 bits per heavy atom. The lowest BCUT2D eigenvalue weighted by Crippen LogP contribution is -1.96. The minimum absolute atomic E-state index is 0.249. The van der Waals surface area contributed by atoms with Gasteiger partial charge in [-0.1, -0.05) is 28.1 Å². The van der Waals surface area contributed by atoms with Gasteiger partial charge < -0.3 is 9.84 Å². The van der Waals surface area contributed by atoms with Crippen LogP contribution in [0, 0.1) is 0 Å². The highest BCUT2D eigenvalue weighted by Gasteiger charge is 1.98. The smallest absolute Gasteiger partial charge is 0.138 e. The lowest BCUT2D eigenvalue weighted by molar-refractivity contribution is 0.304. The number of benzene rings is 1. The van der Waals surface area contributed by atoms with Crippen LogP contribution in [0.3, 0.4) is 0 Å². The molecule has 2 aromatic rings. The second-order valence-electron chi connectivity index (χ2n) is 3.58.